The Morgan fingerprint density at radius 3 is 2.81 bits per heavy atom. The van der Waals surface area contributed by atoms with Gasteiger partial charge in [-0.2, -0.15) is 26.7 Å². The molecule has 5 nitrogen and oxygen atoms in total. The van der Waals surface area contributed by atoms with Crippen LogP contribution in [0.1, 0.15) is 31.0 Å². The number of rotatable bonds is 4. The second-order valence-corrected chi connectivity index (χ2v) is 4.61. The van der Waals surface area contributed by atoms with E-state index < -0.39 is 23.9 Å². The molecule has 120 valence electrons. The quantitative estimate of drug-likeness (QED) is 0.797. The van der Waals surface area contributed by atoms with E-state index in [1.807, 2.05) is 0 Å². The molecule has 0 amide bonds. The normalized spacial score (nSPS) is 19.9. The van der Waals surface area contributed by atoms with Crippen molar-refractivity contribution in [3.8, 4) is 0 Å². The molecule has 2 rings (SSSR count). The number of alkyl halides is 3. The van der Waals surface area contributed by atoms with Gasteiger partial charge in [-0.25, -0.2) is 9.78 Å². The van der Waals surface area contributed by atoms with Crippen LogP contribution in [0.25, 0.3) is 0 Å². The van der Waals surface area contributed by atoms with Crippen molar-refractivity contribution in [1.82, 2.24) is 9.55 Å². The third-order valence-corrected chi connectivity index (χ3v) is 3.24. The van der Waals surface area contributed by atoms with Crippen LogP contribution in [0.4, 0.5) is 13.2 Å². The summed E-state index contributed by atoms with van der Waals surface area (Å²) >= 11 is 0. The topological polar surface area (TPSA) is 53.4 Å². The number of carbonyl (C=O) groups is 1. The number of hydrogen-bond acceptors (Lipinski definition) is 4. The largest absolute Gasteiger partial charge is 0.467 e. The van der Waals surface area contributed by atoms with Crippen LogP contribution in [0.2, 0.25) is 0 Å². The molecule has 1 aromatic heterocycles. The lowest BCUT2D eigenvalue weighted by atomic mass is 10.1. The molecule has 1 unspecified atom stereocenters. The highest BCUT2D eigenvalue weighted by molar-refractivity contribution is 7.59. The minimum absolute atomic E-state index is 0. The SMILES string of the molecule is COC(=O)[C@H](CC1CCCO1)n1cnc(C(F)(F)F)c1.S. The van der Waals surface area contributed by atoms with E-state index in [-0.39, 0.29) is 26.0 Å². The highest BCUT2D eigenvalue weighted by Gasteiger charge is 2.35. The van der Waals surface area contributed by atoms with Crippen molar-refractivity contribution in [3.63, 3.8) is 0 Å². The number of esters is 1. The number of nitrogens with zero attached hydrogens (tertiary/aromatic N) is 2. The van der Waals surface area contributed by atoms with E-state index in [1.54, 1.807) is 0 Å². The fourth-order valence-corrected chi connectivity index (χ4v) is 2.21. The lowest BCUT2D eigenvalue weighted by molar-refractivity contribution is -0.146. The van der Waals surface area contributed by atoms with Gasteiger partial charge < -0.3 is 14.0 Å². The molecule has 0 aliphatic carbocycles. The molecule has 2 heterocycles. The smallest absolute Gasteiger partial charge is 0.434 e. The van der Waals surface area contributed by atoms with Gasteiger partial charge in [0.1, 0.15) is 6.04 Å². The number of methoxy groups -OCH3 is 1. The van der Waals surface area contributed by atoms with E-state index in [1.165, 1.54) is 7.11 Å². The molecule has 0 saturated carbocycles. The second-order valence-electron chi connectivity index (χ2n) is 4.61. The van der Waals surface area contributed by atoms with E-state index in [9.17, 15) is 18.0 Å². The van der Waals surface area contributed by atoms with E-state index in [2.05, 4.69) is 9.72 Å². The molecule has 1 aromatic rings. The lowest BCUT2D eigenvalue weighted by Gasteiger charge is -2.19. The molecule has 0 bridgehead atoms. The first-order valence-electron chi connectivity index (χ1n) is 6.22. The van der Waals surface area contributed by atoms with Crippen molar-refractivity contribution in [2.45, 2.75) is 37.6 Å². The number of halogens is 3. The average molecular weight is 326 g/mol. The zero-order chi connectivity index (χ0) is 14.8. The first kappa shape index (κ1) is 17.8. The number of imidazole rings is 1. The Morgan fingerprint density at radius 1 is 1.62 bits per heavy atom. The van der Waals surface area contributed by atoms with Crippen LogP contribution in [-0.2, 0) is 20.4 Å². The Bertz CT molecular complexity index is 473. The van der Waals surface area contributed by atoms with Gasteiger partial charge in [-0.1, -0.05) is 0 Å². The molecule has 0 N–H and O–H groups in total. The van der Waals surface area contributed by atoms with Gasteiger partial charge in [0.25, 0.3) is 0 Å². The molecular formula is C12H17F3N2O3S. The van der Waals surface area contributed by atoms with Crippen LogP contribution in [0.15, 0.2) is 12.5 Å². The molecule has 0 aromatic carbocycles. The fraction of sp³-hybridized carbons (Fsp3) is 0.667. The van der Waals surface area contributed by atoms with Gasteiger partial charge in [-0.3, -0.25) is 0 Å². The van der Waals surface area contributed by atoms with Crippen LogP contribution >= 0.6 is 13.5 Å². The van der Waals surface area contributed by atoms with Gasteiger partial charge in [0, 0.05) is 19.2 Å². The van der Waals surface area contributed by atoms with E-state index >= 15 is 0 Å². The molecule has 1 aliphatic heterocycles. The predicted molar refractivity (Wildman–Crippen MR) is 72.3 cm³/mol. The van der Waals surface area contributed by atoms with Crippen molar-refractivity contribution < 1.29 is 27.4 Å². The van der Waals surface area contributed by atoms with Crippen molar-refractivity contribution in [3.05, 3.63) is 18.2 Å². The summed E-state index contributed by atoms with van der Waals surface area (Å²) in [5.74, 6) is -0.605. The standard InChI is InChI=1S/C12H15F3N2O3.H2S/c1-19-11(18)9(5-8-3-2-4-20-8)17-6-10(16-7-17)12(13,14)15;/h6-9H,2-5H2,1H3;1H2/t8?,9-;/m0./s1. The Morgan fingerprint density at radius 2 is 2.33 bits per heavy atom. The van der Waals surface area contributed by atoms with Crippen molar-refractivity contribution in [2.24, 2.45) is 0 Å². The van der Waals surface area contributed by atoms with Crippen LogP contribution in [0, 0.1) is 0 Å². The molecule has 1 fully saturated rings. The molecule has 1 saturated heterocycles. The average Bonchev–Trinajstić information content (AvgIpc) is 3.05. The molecule has 21 heavy (non-hydrogen) atoms. The van der Waals surface area contributed by atoms with E-state index in [4.69, 9.17) is 4.74 Å². The Kier molecular flexibility index (Phi) is 6.09. The monoisotopic (exact) mass is 326 g/mol. The molecule has 9 heteroatoms. The molecule has 0 spiro atoms. The first-order valence-corrected chi connectivity index (χ1v) is 6.22. The Hall–Kier alpha value is -1.22. The lowest BCUT2D eigenvalue weighted by Crippen LogP contribution is -2.24. The first-order chi connectivity index (χ1) is 9.41. The molecular weight excluding hydrogens is 309 g/mol. The summed E-state index contributed by atoms with van der Waals surface area (Å²) in [6.07, 6.45) is -0.910. The molecule has 1 aliphatic rings. The zero-order valence-corrected chi connectivity index (χ0v) is 12.4. The number of ether oxygens (including phenoxy) is 2. The Balaban J connectivity index is 0.00000220. The van der Waals surface area contributed by atoms with Gasteiger partial charge in [-0.15, -0.1) is 0 Å². The Labute approximate surface area is 126 Å². The number of carbonyl (C=O) groups excluding carboxylic acids is 1. The predicted octanol–water partition coefficient (Wildman–Crippen LogP) is 2.30. The van der Waals surface area contributed by atoms with E-state index in [0.29, 0.717) is 6.61 Å². The third kappa shape index (κ3) is 4.37. The minimum Gasteiger partial charge on any atom is -0.467 e. The minimum atomic E-state index is -4.53. The van der Waals surface area contributed by atoms with Crippen molar-refractivity contribution in [1.29, 1.82) is 0 Å². The van der Waals surface area contributed by atoms with Crippen LogP contribution in [0.5, 0.6) is 0 Å². The van der Waals surface area contributed by atoms with Gasteiger partial charge in [-0.05, 0) is 12.8 Å². The zero-order valence-electron chi connectivity index (χ0n) is 11.4. The van der Waals surface area contributed by atoms with E-state index in [0.717, 1.165) is 29.9 Å². The summed E-state index contributed by atoms with van der Waals surface area (Å²) in [5.41, 5.74) is -1.03. The summed E-state index contributed by atoms with van der Waals surface area (Å²) < 4.78 is 48.8. The van der Waals surface area contributed by atoms with Gasteiger partial charge in [0.2, 0.25) is 0 Å². The highest BCUT2D eigenvalue weighted by atomic mass is 32.1. The molecule has 2 atom stereocenters. The maximum Gasteiger partial charge on any atom is 0.434 e. The summed E-state index contributed by atoms with van der Waals surface area (Å²) in [6.45, 7) is 0.607. The fourth-order valence-electron chi connectivity index (χ4n) is 2.21. The van der Waals surface area contributed by atoms with Crippen LogP contribution in [-0.4, -0.2) is 35.3 Å². The summed E-state index contributed by atoms with van der Waals surface area (Å²) in [7, 11) is 1.20. The highest BCUT2D eigenvalue weighted by Crippen LogP contribution is 2.30. The summed E-state index contributed by atoms with van der Waals surface area (Å²) in [4.78, 5) is 15.0. The summed E-state index contributed by atoms with van der Waals surface area (Å²) in [6, 6.07) is -0.855. The number of hydrogen-bond donors (Lipinski definition) is 0. The molecule has 0 radical (unpaired) electrons. The van der Waals surface area contributed by atoms with Crippen LogP contribution in [0.3, 0.4) is 0 Å². The maximum absolute atomic E-state index is 12.5. The van der Waals surface area contributed by atoms with Crippen LogP contribution < -0.4 is 0 Å². The number of aromatic nitrogens is 2. The second kappa shape index (κ2) is 7.17. The van der Waals surface area contributed by atoms with Gasteiger partial charge in [0.05, 0.1) is 19.5 Å². The van der Waals surface area contributed by atoms with Gasteiger partial charge >= 0.3 is 12.1 Å². The van der Waals surface area contributed by atoms with Gasteiger partial charge in [0.15, 0.2) is 5.69 Å². The summed E-state index contributed by atoms with van der Waals surface area (Å²) in [5, 5.41) is 0. The maximum atomic E-state index is 12.5. The van der Waals surface area contributed by atoms with Crippen molar-refractivity contribution >= 4 is 19.5 Å². The third-order valence-electron chi connectivity index (χ3n) is 3.24. The van der Waals surface area contributed by atoms with Crippen molar-refractivity contribution in [2.75, 3.05) is 13.7 Å².